The first-order valence-corrected chi connectivity index (χ1v) is 13.2. The first-order valence-electron chi connectivity index (χ1n) is 12.4. The summed E-state index contributed by atoms with van der Waals surface area (Å²) in [6.07, 6.45) is 0.657. The van der Waals surface area contributed by atoms with Gasteiger partial charge in [-0.3, -0.25) is 4.79 Å². The Kier molecular flexibility index (Phi) is 10.5. The van der Waals surface area contributed by atoms with Gasteiger partial charge in [0.25, 0.3) is 0 Å². The zero-order chi connectivity index (χ0) is 25.9. The minimum Gasteiger partial charge on any atom is -0.382 e. The van der Waals surface area contributed by atoms with E-state index in [0.29, 0.717) is 39.3 Å². The Hall–Kier alpha value is -3.16. The quantitative estimate of drug-likeness (QED) is 0.299. The van der Waals surface area contributed by atoms with Crippen LogP contribution in [-0.4, -0.2) is 48.0 Å². The number of ether oxygens (including phenoxy) is 1. The van der Waals surface area contributed by atoms with Crippen LogP contribution in [0.1, 0.15) is 39.8 Å². The summed E-state index contributed by atoms with van der Waals surface area (Å²) in [4.78, 5) is 32.6. The largest absolute Gasteiger partial charge is 0.382 e. The first-order chi connectivity index (χ1) is 17.4. The highest BCUT2D eigenvalue weighted by Gasteiger charge is 2.22. The number of hydrogen-bond acceptors (Lipinski definition) is 4. The van der Waals surface area contributed by atoms with Gasteiger partial charge in [-0.15, -0.1) is 11.3 Å². The van der Waals surface area contributed by atoms with E-state index in [9.17, 15) is 9.59 Å². The molecule has 3 rings (SSSR count). The number of carbonyl (C=O) groups is 2. The number of aryl methyl sites for hydroxylation is 3. The number of amides is 3. The number of nitrogens with zero attached hydrogens (tertiary/aromatic N) is 2. The number of thiophene rings is 1. The van der Waals surface area contributed by atoms with Crippen molar-refractivity contribution in [2.75, 3.05) is 31.6 Å². The molecule has 36 heavy (non-hydrogen) atoms. The first kappa shape index (κ1) is 27.4. The van der Waals surface area contributed by atoms with Crippen molar-refractivity contribution in [2.24, 2.45) is 0 Å². The maximum absolute atomic E-state index is 13.6. The van der Waals surface area contributed by atoms with Crippen molar-refractivity contribution >= 4 is 29.0 Å². The Morgan fingerprint density at radius 3 is 2.36 bits per heavy atom. The van der Waals surface area contributed by atoms with Gasteiger partial charge in [-0.05, 0) is 75.1 Å². The van der Waals surface area contributed by atoms with E-state index < -0.39 is 0 Å². The molecule has 1 aromatic heterocycles. The number of nitrogens with one attached hydrogen (secondary N) is 1. The Labute approximate surface area is 218 Å². The Morgan fingerprint density at radius 2 is 1.69 bits per heavy atom. The van der Waals surface area contributed by atoms with Crippen LogP contribution in [0.25, 0.3) is 0 Å². The molecule has 0 unspecified atom stereocenters. The van der Waals surface area contributed by atoms with Crippen LogP contribution in [0.15, 0.2) is 60.7 Å². The van der Waals surface area contributed by atoms with Crippen LogP contribution in [0.5, 0.6) is 0 Å². The molecule has 1 N–H and O–H groups in total. The number of anilines is 1. The fourth-order valence-electron chi connectivity index (χ4n) is 3.83. The molecule has 3 amide bonds. The van der Waals surface area contributed by atoms with Gasteiger partial charge in [-0.25, -0.2) is 4.79 Å². The highest BCUT2D eigenvalue weighted by Crippen LogP contribution is 2.19. The van der Waals surface area contributed by atoms with E-state index in [2.05, 4.69) is 24.4 Å². The number of urea groups is 1. The summed E-state index contributed by atoms with van der Waals surface area (Å²) in [7, 11) is 0. The third kappa shape index (κ3) is 8.50. The molecule has 3 aromatic rings. The molecule has 0 saturated carbocycles. The zero-order valence-corrected chi connectivity index (χ0v) is 22.6. The van der Waals surface area contributed by atoms with Crippen molar-refractivity contribution in [1.29, 1.82) is 0 Å². The SMILES string of the molecule is CCOCCCN(CC(=O)N(Cc1ccccc1)Cc1ccc(C)s1)C(=O)Nc1ccc(C)c(C)c1. The molecular weight excluding hydrogens is 470 g/mol. The molecule has 6 nitrogen and oxygen atoms in total. The summed E-state index contributed by atoms with van der Waals surface area (Å²) in [5.74, 6) is -0.0865. The van der Waals surface area contributed by atoms with Gasteiger partial charge in [-0.1, -0.05) is 36.4 Å². The van der Waals surface area contributed by atoms with E-state index in [4.69, 9.17) is 4.74 Å². The van der Waals surface area contributed by atoms with Gasteiger partial charge in [0.2, 0.25) is 5.91 Å². The van der Waals surface area contributed by atoms with Crippen LogP contribution < -0.4 is 5.32 Å². The van der Waals surface area contributed by atoms with E-state index in [1.807, 2.05) is 74.2 Å². The lowest BCUT2D eigenvalue weighted by Crippen LogP contribution is -2.44. The van der Waals surface area contributed by atoms with Crippen LogP contribution >= 0.6 is 11.3 Å². The molecular formula is C29H37N3O3S. The van der Waals surface area contributed by atoms with Crippen LogP contribution in [0, 0.1) is 20.8 Å². The molecule has 0 spiro atoms. The van der Waals surface area contributed by atoms with E-state index in [1.54, 1.807) is 16.2 Å². The summed E-state index contributed by atoms with van der Waals surface area (Å²) >= 11 is 1.69. The Bertz CT molecular complexity index is 1130. The second-order valence-corrected chi connectivity index (χ2v) is 10.3. The summed E-state index contributed by atoms with van der Waals surface area (Å²) in [6, 6.07) is 19.6. The minimum atomic E-state index is -0.283. The number of benzene rings is 2. The minimum absolute atomic E-state index is 0.00000716. The predicted octanol–water partition coefficient (Wildman–Crippen LogP) is 6.16. The molecule has 0 aliphatic rings. The van der Waals surface area contributed by atoms with E-state index in [-0.39, 0.29) is 18.5 Å². The Morgan fingerprint density at radius 1 is 0.917 bits per heavy atom. The molecule has 0 fully saturated rings. The van der Waals surface area contributed by atoms with Gasteiger partial charge in [-0.2, -0.15) is 0 Å². The second-order valence-electron chi connectivity index (χ2n) is 8.95. The van der Waals surface area contributed by atoms with Crippen molar-refractivity contribution < 1.29 is 14.3 Å². The topological polar surface area (TPSA) is 61.9 Å². The smallest absolute Gasteiger partial charge is 0.322 e. The highest BCUT2D eigenvalue weighted by molar-refractivity contribution is 7.11. The Balaban J connectivity index is 1.76. The summed E-state index contributed by atoms with van der Waals surface area (Å²) in [5.41, 5.74) is 4.05. The summed E-state index contributed by atoms with van der Waals surface area (Å²) in [5, 5.41) is 2.98. The van der Waals surface area contributed by atoms with E-state index in [0.717, 1.165) is 27.3 Å². The zero-order valence-electron chi connectivity index (χ0n) is 21.8. The fourth-order valence-corrected chi connectivity index (χ4v) is 4.74. The average Bonchev–Trinajstić information content (AvgIpc) is 3.28. The third-order valence-electron chi connectivity index (χ3n) is 6.00. The standard InChI is InChI=1S/C29H37N3O3S/c1-5-35-17-9-16-31(29(34)30-26-14-12-22(2)23(3)18-26)21-28(33)32(19-25-10-7-6-8-11-25)20-27-15-13-24(4)36-27/h6-8,10-15,18H,5,9,16-17,19-21H2,1-4H3,(H,30,34). The van der Waals surface area contributed by atoms with Gasteiger partial charge in [0.1, 0.15) is 6.54 Å². The molecule has 0 radical (unpaired) electrons. The number of carbonyl (C=O) groups excluding carboxylic acids is 2. The number of rotatable bonds is 12. The van der Waals surface area contributed by atoms with E-state index >= 15 is 0 Å². The van der Waals surface area contributed by atoms with Crippen molar-refractivity contribution in [3.8, 4) is 0 Å². The predicted molar refractivity (Wildman–Crippen MR) is 147 cm³/mol. The average molecular weight is 508 g/mol. The van der Waals surface area contributed by atoms with Crippen molar-refractivity contribution in [3.05, 3.63) is 87.1 Å². The van der Waals surface area contributed by atoms with Gasteiger partial charge in [0.15, 0.2) is 0 Å². The lowest BCUT2D eigenvalue weighted by atomic mass is 10.1. The second kappa shape index (κ2) is 13.8. The molecule has 192 valence electrons. The van der Waals surface area contributed by atoms with E-state index in [1.165, 1.54) is 4.88 Å². The van der Waals surface area contributed by atoms with Crippen molar-refractivity contribution in [2.45, 2.75) is 47.2 Å². The monoisotopic (exact) mass is 507 g/mol. The summed E-state index contributed by atoms with van der Waals surface area (Å²) < 4.78 is 5.47. The van der Waals surface area contributed by atoms with Crippen LogP contribution in [0.3, 0.4) is 0 Å². The maximum atomic E-state index is 13.6. The molecule has 0 aliphatic heterocycles. The summed E-state index contributed by atoms with van der Waals surface area (Å²) in [6.45, 7) is 10.7. The lowest BCUT2D eigenvalue weighted by molar-refractivity contribution is -0.133. The van der Waals surface area contributed by atoms with Gasteiger partial charge >= 0.3 is 6.03 Å². The van der Waals surface area contributed by atoms with Crippen molar-refractivity contribution in [1.82, 2.24) is 9.80 Å². The van der Waals surface area contributed by atoms with Gasteiger partial charge in [0.05, 0.1) is 6.54 Å². The maximum Gasteiger partial charge on any atom is 0.322 e. The fraction of sp³-hybridized carbons (Fsp3) is 0.379. The molecule has 2 aromatic carbocycles. The molecule has 0 saturated heterocycles. The molecule has 7 heteroatoms. The van der Waals surface area contributed by atoms with Crippen LogP contribution in [-0.2, 0) is 22.6 Å². The molecule has 0 atom stereocenters. The van der Waals surface area contributed by atoms with Gasteiger partial charge in [0, 0.05) is 41.7 Å². The van der Waals surface area contributed by atoms with Crippen molar-refractivity contribution in [3.63, 3.8) is 0 Å². The molecule has 0 bridgehead atoms. The third-order valence-corrected chi connectivity index (χ3v) is 6.99. The molecule has 0 aliphatic carbocycles. The normalized spacial score (nSPS) is 10.8. The number of hydrogen-bond donors (Lipinski definition) is 1. The van der Waals surface area contributed by atoms with Gasteiger partial charge < -0.3 is 19.9 Å². The van der Waals surface area contributed by atoms with Crippen LogP contribution in [0.2, 0.25) is 0 Å². The highest BCUT2D eigenvalue weighted by atomic mass is 32.1. The lowest BCUT2D eigenvalue weighted by Gasteiger charge is -2.28. The van der Waals surface area contributed by atoms with Crippen LogP contribution in [0.4, 0.5) is 10.5 Å². The molecule has 1 heterocycles.